The number of nitrogens with zero attached hydrogens (tertiary/aromatic N) is 4. The molecule has 0 saturated carbocycles. The van der Waals surface area contributed by atoms with Crippen molar-refractivity contribution >= 4 is 5.71 Å². The molecule has 1 aromatic heterocycles. The molecule has 7 heteroatoms. The van der Waals surface area contributed by atoms with Gasteiger partial charge in [-0.1, -0.05) is 18.2 Å². The summed E-state index contributed by atoms with van der Waals surface area (Å²) >= 11 is 0. The number of aliphatic imine (C=N–C) groups is 1. The van der Waals surface area contributed by atoms with E-state index in [2.05, 4.69) is 27.1 Å². The number of hydrogen-bond donors (Lipinski definition) is 1. The predicted octanol–water partition coefficient (Wildman–Crippen LogP) is 3.95. The van der Waals surface area contributed by atoms with Crippen LogP contribution in [0.1, 0.15) is 35.6 Å². The van der Waals surface area contributed by atoms with Gasteiger partial charge in [0.25, 0.3) is 0 Å². The van der Waals surface area contributed by atoms with Crippen LogP contribution in [0.2, 0.25) is 0 Å². The third-order valence-electron chi connectivity index (χ3n) is 4.80. The lowest BCUT2D eigenvalue weighted by atomic mass is 10.00. The Morgan fingerprint density at radius 2 is 1.97 bits per heavy atom. The Morgan fingerprint density at radius 1 is 1.10 bits per heavy atom. The third kappa shape index (κ3) is 3.86. The fourth-order valence-corrected chi connectivity index (χ4v) is 3.43. The largest absolute Gasteiger partial charge is 0.310 e. The van der Waals surface area contributed by atoms with Crippen LogP contribution in [0.5, 0.6) is 0 Å². The first-order chi connectivity index (χ1) is 14.2. The molecule has 0 radical (unpaired) electrons. The van der Waals surface area contributed by atoms with Gasteiger partial charge in [0.1, 0.15) is 18.2 Å². The van der Waals surface area contributed by atoms with E-state index in [-0.39, 0.29) is 6.54 Å². The first-order valence-electron chi connectivity index (χ1n) is 9.53. The van der Waals surface area contributed by atoms with E-state index < -0.39 is 11.6 Å². The summed E-state index contributed by atoms with van der Waals surface area (Å²) in [7, 11) is 0. The van der Waals surface area contributed by atoms with Gasteiger partial charge in [0.2, 0.25) is 0 Å². The second-order valence-corrected chi connectivity index (χ2v) is 6.78. The van der Waals surface area contributed by atoms with Crippen LogP contribution in [-0.4, -0.2) is 27.0 Å². The van der Waals surface area contributed by atoms with Gasteiger partial charge >= 0.3 is 0 Å². The lowest BCUT2D eigenvalue weighted by Gasteiger charge is -2.14. The van der Waals surface area contributed by atoms with E-state index in [0.717, 1.165) is 19.4 Å². The predicted molar refractivity (Wildman–Crippen MR) is 108 cm³/mol. The highest BCUT2D eigenvalue weighted by Crippen LogP contribution is 2.27. The van der Waals surface area contributed by atoms with E-state index in [1.165, 1.54) is 18.2 Å². The molecule has 2 heterocycles. The summed E-state index contributed by atoms with van der Waals surface area (Å²) in [4.78, 5) is 4.57. The highest BCUT2D eigenvalue weighted by atomic mass is 19.1. The molecule has 2 aromatic carbocycles. The Kier molecular flexibility index (Phi) is 5.57. The van der Waals surface area contributed by atoms with Crippen molar-refractivity contribution in [2.75, 3.05) is 6.54 Å². The zero-order valence-electron chi connectivity index (χ0n) is 15.9. The molecule has 0 spiro atoms. The van der Waals surface area contributed by atoms with Gasteiger partial charge in [-0.25, -0.2) is 8.78 Å². The van der Waals surface area contributed by atoms with E-state index in [4.69, 9.17) is 0 Å². The van der Waals surface area contributed by atoms with Gasteiger partial charge < -0.3 is 5.32 Å². The molecule has 0 fully saturated rings. The number of unbranched alkanes of at least 4 members (excludes halogenated alkanes) is 1. The van der Waals surface area contributed by atoms with Crippen LogP contribution in [-0.2, 0) is 13.1 Å². The van der Waals surface area contributed by atoms with Gasteiger partial charge in [0.05, 0.1) is 17.9 Å². The van der Waals surface area contributed by atoms with Crippen molar-refractivity contribution in [1.82, 2.24) is 20.1 Å². The van der Waals surface area contributed by atoms with E-state index in [9.17, 15) is 8.78 Å². The van der Waals surface area contributed by atoms with Crippen LogP contribution in [0.25, 0.3) is 5.69 Å². The molecule has 3 aromatic rings. The van der Waals surface area contributed by atoms with Crippen LogP contribution in [0.4, 0.5) is 8.78 Å². The Balaban J connectivity index is 1.74. The van der Waals surface area contributed by atoms with Crippen molar-refractivity contribution in [3.05, 3.63) is 89.5 Å². The monoisotopic (exact) mass is 393 g/mol. The van der Waals surface area contributed by atoms with Gasteiger partial charge in [-0.3, -0.25) is 9.56 Å². The first kappa shape index (κ1) is 19.1. The van der Waals surface area contributed by atoms with Gasteiger partial charge in [0, 0.05) is 11.1 Å². The number of aromatic nitrogens is 3. The average Bonchev–Trinajstić information content (AvgIpc) is 3.04. The SMILES string of the molecule is C=CCCCNCc1nnc2n1-c1ccc(F)cc1C(c1ccccc1F)=NC2. The molecule has 1 aliphatic rings. The highest BCUT2D eigenvalue weighted by molar-refractivity contribution is 6.15. The minimum absolute atomic E-state index is 0.226. The third-order valence-corrected chi connectivity index (χ3v) is 4.80. The fourth-order valence-electron chi connectivity index (χ4n) is 3.43. The van der Waals surface area contributed by atoms with Crippen molar-refractivity contribution in [3.63, 3.8) is 0 Å². The van der Waals surface area contributed by atoms with Gasteiger partial charge in [-0.2, -0.15) is 0 Å². The molecule has 29 heavy (non-hydrogen) atoms. The molecule has 5 nitrogen and oxygen atoms in total. The molecule has 1 N–H and O–H groups in total. The minimum atomic E-state index is -0.409. The number of benzene rings is 2. The van der Waals surface area contributed by atoms with Crippen molar-refractivity contribution in [2.24, 2.45) is 4.99 Å². The second kappa shape index (κ2) is 8.45. The van der Waals surface area contributed by atoms with Gasteiger partial charge in [-0.05, 0) is 49.7 Å². The fraction of sp³-hybridized carbons (Fsp3) is 0.227. The molecular formula is C22H21F2N5. The van der Waals surface area contributed by atoms with E-state index in [1.807, 2.05) is 10.6 Å². The maximum atomic E-state index is 14.5. The van der Waals surface area contributed by atoms with Crippen LogP contribution < -0.4 is 5.32 Å². The summed E-state index contributed by atoms with van der Waals surface area (Å²) in [5, 5.41) is 11.9. The lowest BCUT2D eigenvalue weighted by molar-refractivity contribution is 0.620. The summed E-state index contributed by atoms with van der Waals surface area (Å²) in [5.41, 5.74) is 1.95. The highest BCUT2D eigenvalue weighted by Gasteiger charge is 2.24. The minimum Gasteiger partial charge on any atom is -0.310 e. The summed E-state index contributed by atoms with van der Waals surface area (Å²) in [6.45, 7) is 5.28. The molecular weight excluding hydrogens is 372 g/mol. The molecule has 148 valence electrons. The van der Waals surface area contributed by atoms with Crippen molar-refractivity contribution in [2.45, 2.75) is 25.9 Å². The molecule has 0 unspecified atom stereocenters. The molecule has 0 aliphatic carbocycles. The molecule has 1 aliphatic heterocycles. The number of hydrogen-bond acceptors (Lipinski definition) is 4. The van der Waals surface area contributed by atoms with Crippen molar-refractivity contribution in [3.8, 4) is 5.69 Å². The second-order valence-electron chi connectivity index (χ2n) is 6.78. The van der Waals surface area contributed by atoms with E-state index >= 15 is 0 Å². The Labute approximate surface area is 167 Å². The molecule has 0 amide bonds. The number of rotatable bonds is 7. The van der Waals surface area contributed by atoms with Crippen LogP contribution in [0.3, 0.4) is 0 Å². The maximum Gasteiger partial charge on any atom is 0.159 e. The lowest BCUT2D eigenvalue weighted by Crippen LogP contribution is -2.19. The Bertz CT molecular complexity index is 1070. The van der Waals surface area contributed by atoms with Gasteiger partial charge in [-0.15, -0.1) is 16.8 Å². The molecule has 0 bridgehead atoms. The average molecular weight is 393 g/mol. The van der Waals surface area contributed by atoms with Crippen LogP contribution >= 0.6 is 0 Å². The number of allylic oxidation sites excluding steroid dienone is 1. The normalized spacial score (nSPS) is 12.7. The summed E-state index contributed by atoms with van der Waals surface area (Å²) < 4.78 is 30.5. The van der Waals surface area contributed by atoms with Crippen LogP contribution in [0.15, 0.2) is 60.1 Å². The number of fused-ring (bicyclic) bond motifs is 3. The van der Waals surface area contributed by atoms with E-state index in [1.54, 1.807) is 24.3 Å². The molecule has 0 saturated heterocycles. The first-order valence-corrected chi connectivity index (χ1v) is 9.53. The summed E-state index contributed by atoms with van der Waals surface area (Å²) in [6, 6.07) is 10.8. The van der Waals surface area contributed by atoms with Crippen LogP contribution in [0, 0.1) is 11.6 Å². The summed E-state index contributed by atoms with van der Waals surface area (Å²) in [6.07, 6.45) is 3.80. The summed E-state index contributed by atoms with van der Waals surface area (Å²) in [5.74, 6) is 0.528. The van der Waals surface area contributed by atoms with E-state index in [0.29, 0.717) is 40.7 Å². The zero-order chi connectivity index (χ0) is 20.2. The quantitative estimate of drug-likeness (QED) is 0.488. The smallest absolute Gasteiger partial charge is 0.159 e. The zero-order valence-corrected chi connectivity index (χ0v) is 15.9. The van der Waals surface area contributed by atoms with Crippen molar-refractivity contribution < 1.29 is 8.78 Å². The molecule has 4 rings (SSSR count). The molecule has 0 atom stereocenters. The maximum absolute atomic E-state index is 14.5. The number of halogens is 2. The Morgan fingerprint density at radius 3 is 2.79 bits per heavy atom. The number of nitrogens with one attached hydrogen (secondary N) is 1. The van der Waals surface area contributed by atoms with Crippen molar-refractivity contribution in [1.29, 1.82) is 0 Å². The Hall–Kier alpha value is -3.19. The topological polar surface area (TPSA) is 55.1 Å². The van der Waals surface area contributed by atoms with Gasteiger partial charge in [0.15, 0.2) is 11.6 Å². The standard InChI is InChI=1S/C22H21F2N5/c1-2-3-6-11-25-13-20-27-28-21-14-26-22(16-7-4-5-8-18(16)24)17-12-15(23)9-10-19(17)29(20)21/h2,4-5,7-10,12,25H,1,3,6,11,13-14H2.